The molecule has 0 aliphatic carbocycles. The Morgan fingerprint density at radius 2 is 1.85 bits per heavy atom. The number of carbonyl (C=O) groups excluding carboxylic acids is 1. The van der Waals surface area contributed by atoms with Gasteiger partial charge in [-0.3, -0.25) is 23.6 Å². The van der Waals surface area contributed by atoms with Crippen molar-refractivity contribution in [1.82, 2.24) is 28.9 Å². The van der Waals surface area contributed by atoms with Gasteiger partial charge in [0.1, 0.15) is 5.82 Å². The van der Waals surface area contributed by atoms with Crippen LogP contribution in [0, 0.1) is 0 Å². The Morgan fingerprint density at radius 3 is 2.55 bits per heavy atom. The van der Waals surface area contributed by atoms with E-state index in [1.807, 2.05) is 19.1 Å². The number of carbonyl (C=O) groups is 1. The molecule has 1 fully saturated rings. The van der Waals surface area contributed by atoms with Gasteiger partial charge >= 0.3 is 5.69 Å². The van der Waals surface area contributed by atoms with E-state index >= 15 is 0 Å². The first-order valence-corrected chi connectivity index (χ1v) is 13.6. The van der Waals surface area contributed by atoms with Crippen molar-refractivity contribution in [2.75, 3.05) is 53.1 Å². The number of nitrogens with one attached hydrogen (secondary N) is 1. The molecule has 0 atom stereocenters. The molecule has 1 aliphatic heterocycles. The van der Waals surface area contributed by atoms with Crippen LogP contribution in [0.3, 0.4) is 0 Å². The second-order valence-electron chi connectivity index (χ2n) is 9.47. The highest BCUT2D eigenvalue weighted by Crippen LogP contribution is 2.29. The minimum absolute atomic E-state index is 0.114. The summed E-state index contributed by atoms with van der Waals surface area (Å²) in [6.45, 7) is 9.10. The molecule has 3 heterocycles. The lowest BCUT2D eigenvalue weighted by molar-refractivity contribution is -0.123. The SMILES string of the molecule is CCn1c(=O)c2c(nc(/C=C/c3ccc(OCC(=O)NCCCN4CCOCC4)c(OC)c3)n2C)n(CC)c1=O. The summed E-state index contributed by atoms with van der Waals surface area (Å²) in [7, 11) is 3.29. The smallest absolute Gasteiger partial charge is 0.332 e. The van der Waals surface area contributed by atoms with Crippen LogP contribution >= 0.6 is 0 Å². The Labute approximate surface area is 232 Å². The van der Waals surface area contributed by atoms with Crippen LogP contribution in [0.1, 0.15) is 31.7 Å². The number of methoxy groups -OCH3 is 1. The topological polar surface area (TPSA) is 122 Å². The zero-order valence-corrected chi connectivity index (χ0v) is 23.6. The molecule has 216 valence electrons. The number of aryl methyl sites for hydroxylation is 2. The van der Waals surface area contributed by atoms with Gasteiger partial charge in [-0.2, -0.15) is 0 Å². The standard InChI is InChI=1S/C28H38N6O6/c1-5-33-26-25(27(36)34(6-2)28(33)37)31(3)23(30-26)11-9-20-8-10-21(22(18-20)38-4)40-19-24(35)29-12-7-13-32-14-16-39-17-15-32/h8-11,18H,5-7,12-17,19H2,1-4H3,(H,29,35)/b11-9+. The van der Waals surface area contributed by atoms with E-state index in [2.05, 4.69) is 15.2 Å². The van der Waals surface area contributed by atoms with E-state index < -0.39 is 0 Å². The minimum atomic E-state index is -0.363. The molecule has 0 saturated carbocycles. The molecule has 4 rings (SSSR count). The Balaban J connectivity index is 1.40. The summed E-state index contributed by atoms with van der Waals surface area (Å²) in [5.74, 6) is 1.28. The summed E-state index contributed by atoms with van der Waals surface area (Å²) < 4.78 is 21.0. The number of fused-ring (bicyclic) bond motifs is 1. The average Bonchev–Trinajstić information content (AvgIpc) is 3.30. The second-order valence-corrected chi connectivity index (χ2v) is 9.47. The summed E-state index contributed by atoms with van der Waals surface area (Å²) in [5, 5.41) is 2.89. The Morgan fingerprint density at radius 1 is 1.10 bits per heavy atom. The third-order valence-electron chi connectivity index (χ3n) is 6.96. The molecule has 0 unspecified atom stereocenters. The number of rotatable bonds is 12. The van der Waals surface area contributed by atoms with Gasteiger partial charge in [-0.1, -0.05) is 12.1 Å². The summed E-state index contributed by atoms with van der Waals surface area (Å²) in [6.07, 6.45) is 4.48. The molecule has 1 N–H and O–H groups in total. The third kappa shape index (κ3) is 6.45. The number of hydrogen-bond donors (Lipinski definition) is 1. The van der Waals surface area contributed by atoms with Crippen molar-refractivity contribution in [3.63, 3.8) is 0 Å². The van der Waals surface area contributed by atoms with Crippen molar-refractivity contribution in [2.24, 2.45) is 7.05 Å². The Hall–Kier alpha value is -3.90. The summed E-state index contributed by atoms with van der Waals surface area (Å²) >= 11 is 0. The van der Waals surface area contributed by atoms with E-state index in [1.54, 1.807) is 36.7 Å². The maximum atomic E-state index is 12.9. The number of morpholine rings is 1. The monoisotopic (exact) mass is 554 g/mol. The zero-order chi connectivity index (χ0) is 28.6. The molecule has 1 amide bonds. The quantitative estimate of drug-likeness (QED) is 0.333. The second kappa shape index (κ2) is 13.4. The normalized spacial score (nSPS) is 14.2. The number of amides is 1. The van der Waals surface area contributed by atoms with Crippen molar-refractivity contribution in [2.45, 2.75) is 33.4 Å². The van der Waals surface area contributed by atoms with Gasteiger partial charge in [-0.15, -0.1) is 0 Å². The molecule has 0 radical (unpaired) electrons. The van der Waals surface area contributed by atoms with Gasteiger partial charge in [0, 0.05) is 39.8 Å². The highest BCUT2D eigenvalue weighted by Gasteiger charge is 2.18. The maximum Gasteiger partial charge on any atom is 0.332 e. The fraction of sp³-hybridized carbons (Fsp3) is 0.500. The van der Waals surface area contributed by atoms with E-state index in [0.29, 0.717) is 41.6 Å². The van der Waals surface area contributed by atoms with Gasteiger partial charge in [0.25, 0.3) is 11.5 Å². The van der Waals surface area contributed by atoms with Crippen LogP contribution in [-0.4, -0.2) is 82.6 Å². The van der Waals surface area contributed by atoms with E-state index in [0.717, 1.165) is 44.8 Å². The fourth-order valence-electron chi connectivity index (χ4n) is 4.72. The first-order chi connectivity index (χ1) is 19.4. The molecule has 1 saturated heterocycles. The lowest BCUT2D eigenvalue weighted by atomic mass is 10.2. The number of imidazole rings is 1. The molecule has 3 aromatic rings. The molecule has 40 heavy (non-hydrogen) atoms. The number of ether oxygens (including phenoxy) is 3. The van der Waals surface area contributed by atoms with Gasteiger partial charge in [0.05, 0.1) is 20.3 Å². The van der Waals surface area contributed by atoms with Crippen LogP contribution in [0.4, 0.5) is 0 Å². The number of nitrogens with zero attached hydrogens (tertiary/aromatic N) is 5. The lowest BCUT2D eigenvalue weighted by Crippen LogP contribution is -2.39. The van der Waals surface area contributed by atoms with Crippen molar-refractivity contribution in [3.8, 4) is 11.5 Å². The number of hydrogen-bond acceptors (Lipinski definition) is 8. The van der Waals surface area contributed by atoms with Gasteiger partial charge in [-0.25, -0.2) is 9.78 Å². The maximum absolute atomic E-state index is 12.9. The van der Waals surface area contributed by atoms with Crippen LogP contribution in [0.15, 0.2) is 27.8 Å². The largest absolute Gasteiger partial charge is 0.493 e. The molecular weight excluding hydrogens is 516 g/mol. The summed E-state index contributed by atoms with van der Waals surface area (Å²) in [5.41, 5.74) is 0.834. The van der Waals surface area contributed by atoms with Gasteiger partial charge in [-0.05, 0) is 50.6 Å². The number of aromatic nitrogens is 4. The molecule has 1 aliphatic rings. The Bertz CT molecular complexity index is 1480. The van der Waals surface area contributed by atoms with Gasteiger partial charge in [0.15, 0.2) is 29.3 Å². The van der Waals surface area contributed by atoms with Crippen molar-refractivity contribution in [3.05, 3.63) is 50.4 Å². The van der Waals surface area contributed by atoms with Crippen LogP contribution in [-0.2, 0) is 29.7 Å². The zero-order valence-electron chi connectivity index (χ0n) is 23.6. The molecule has 1 aromatic carbocycles. The van der Waals surface area contributed by atoms with E-state index in [9.17, 15) is 14.4 Å². The minimum Gasteiger partial charge on any atom is -0.493 e. The first-order valence-electron chi connectivity index (χ1n) is 13.6. The first kappa shape index (κ1) is 29.1. The highest BCUT2D eigenvalue weighted by atomic mass is 16.5. The third-order valence-corrected chi connectivity index (χ3v) is 6.96. The van der Waals surface area contributed by atoms with Gasteiger partial charge < -0.3 is 24.1 Å². The summed E-state index contributed by atoms with van der Waals surface area (Å²) in [4.78, 5) is 44.8. The van der Waals surface area contributed by atoms with Crippen LogP contribution in [0.5, 0.6) is 11.5 Å². The lowest BCUT2D eigenvalue weighted by Gasteiger charge is -2.26. The van der Waals surface area contributed by atoms with E-state index in [4.69, 9.17) is 14.2 Å². The van der Waals surface area contributed by atoms with Crippen LogP contribution in [0.2, 0.25) is 0 Å². The van der Waals surface area contributed by atoms with E-state index in [-0.39, 0.29) is 30.3 Å². The molecule has 12 heteroatoms. The molecule has 0 spiro atoms. The van der Waals surface area contributed by atoms with Crippen molar-refractivity contribution in [1.29, 1.82) is 0 Å². The highest BCUT2D eigenvalue weighted by molar-refractivity contribution is 5.78. The van der Waals surface area contributed by atoms with Gasteiger partial charge in [0.2, 0.25) is 0 Å². The Kier molecular flexibility index (Phi) is 9.78. The van der Waals surface area contributed by atoms with Crippen LogP contribution in [0.25, 0.3) is 23.3 Å². The van der Waals surface area contributed by atoms with Crippen molar-refractivity contribution >= 4 is 29.2 Å². The predicted molar refractivity (Wildman–Crippen MR) is 153 cm³/mol. The molecular formula is C28H38N6O6. The predicted octanol–water partition coefficient (Wildman–Crippen LogP) is 1.33. The van der Waals surface area contributed by atoms with Crippen LogP contribution < -0.4 is 26.0 Å². The fourth-order valence-corrected chi connectivity index (χ4v) is 4.72. The summed E-state index contributed by atoms with van der Waals surface area (Å²) in [6, 6.07) is 5.37. The van der Waals surface area contributed by atoms with Crippen molar-refractivity contribution < 1.29 is 19.0 Å². The molecule has 0 bridgehead atoms. The number of benzene rings is 1. The van der Waals surface area contributed by atoms with E-state index in [1.165, 1.54) is 16.2 Å². The molecule has 2 aromatic heterocycles. The average molecular weight is 555 g/mol. The molecule has 12 nitrogen and oxygen atoms in total.